The third-order valence-electron chi connectivity index (χ3n) is 2.97. The molecule has 0 saturated heterocycles. The molecular formula is C15H14Cl2N2O2. The number of hydrogen-bond donors (Lipinski definition) is 3. The topological polar surface area (TPSA) is 61.4 Å². The fourth-order valence-corrected chi connectivity index (χ4v) is 2.20. The molecule has 3 N–H and O–H groups in total. The molecule has 110 valence electrons. The van der Waals surface area contributed by atoms with Crippen LogP contribution >= 0.6 is 23.2 Å². The van der Waals surface area contributed by atoms with Crippen LogP contribution < -0.4 is 10.6 Å². The summed E-state index contributed by atoms with van der Waals surface area (Å²) in [5, 5.41) is 15.6. The predicted molar refractivity (Wildman–Crippen MR) is 85.2 cm³/mol. The first-order valence-electron chi connectivity index (χ1n) is 6.25. The molecule has 0 heterocycles. The van der Waals surface area contributed by atoms with Gasteiger partial charge in [0.25, 0.3) is 0 Å². The normalized spacial score (nSPS) is 10.2. The van der Waals surface area contributed by atoms with E-state index in [2.05, 4.69) is 10.6 Å². The standard InChI is InChI=1S/C15H14Cl2N2O2/c1-9-11(16)7-12(14(20)13(9)17)19-15(21)18-8-10-5-3-2-4-6-10/h2-7,20H,8H2,1H3,(H2,18,19,21). The minimum Gasteiger partial charge on any atom is -0.504 e. The van der Waals surface area contributed by atoms with Gasteiger partial charge in [-0.1, -0.05) is 53.5 Å². The lowest BCUT2D eigenvalue weighted by Gasteiger charge is -2.12. The molecule has 6 heteroatoms. The number of carbonyl (C=O) groups is 1. The minimum absolute atomic E-state index is 0.126. The molecule has 0 aromatic heterocycles. The van der Waals surface area contributed by atoms with Gasteiger partial charge >= 0.3 is 6.03 Å². The summed E-state index contributed by atoms with van der Waals surface area (Å²) in [5.41, 5.74) is 1.70. The molecular weight excluding hydrogens is 311 g/mol. The predicted octanol–water partition coefficient (Wildman–Crippen LogP) is 4.33. The summed E-state index contributed by atoms with van der Waals surface area (Å²) >= 11 is 11.9. The first-order valence-corrected chi connectivity index (χ1v) is 7.01. The number of phenols is 1. The fourth-order valence-electron chi connectivity index (χ4n) is 1.74. The van der Waals surface area contributed by atoms with Crippen molar-refractivity contribution in [1.82, 2.24) is 5.32 Å². The Bertz CT molecular complexity index is 660. The second-order valence-corrected chi connectivity index (χ2v) is 5.27. The van der Waals surface area contributed by atoms with Crippen molar-refractivity contribution in [1.29, 1.82) is 0 Å². The lowest BCUT2D eigenvalue weighted by atomic mass is 10.2. The van der Waals surface area contributed by atoms with Crippen molar-refractivity contribution in [2.45, 2.75) is 13.5 Å². The largest absolute Gasteiger partial charge is 0.504 e. The van der Waals surface area contributed by atoms with E-state index in [0.29, 0.717) is 17.1 Å². The van der Waals surface area contributed by atoms with Gasteiger partial charge in [0, 0.05) is 11.6 Å². The van der Waals surface area contributed by atoms with Crippen LogP contribution in [0.25, 0.3) is 0 Å². The van der Waals surface area contributed by atoms with Crippen molar-refractivity contribution in [3.05, 3.63) is 57.6 Å². The summed E-state index contributed by atoms with van der Waals surface area (Å²) in [7, 11) is 0. The minimum atomic E-state index is -0.454. The van der Waals surface area contributed by atoms with Gasteiger partial charge in [0.15, 0.2) is 5.75 Å². The number of benzene rings is 2. The number of aromatic hydroxyl groups is 1. The van der Waals surface area contributed by atoms with E-state index in [1.165, 1.54) is 6.07 Å². The Hall–Kier alpha value is -1.91. The Balaban J connectivity index is 2.03. The molecule has 0 bridgehead atoms. The second-order valence-electron chi connectivity index (χ2n) is 4.49. The zero-order chi connectivity index (χ0) is 15.4. The summed E-state index contributed by atoms with van der Waals surface area (Å²) in [6, 6.07) is 10.5. The quantitative estimate of drug-likeness (QED) is 0.736. The van der Waals surface area contributed by atoms with Gasteiger partial charge in [-0.3, -0.25) is 0 Å². The molecule has 0 aliphatic carbocycles. The van der Waals surface area contributed by atoms with Gasteiger partial charge < -0.3 is 15.7 Å². The average Bonchev–Trinajstić information content (AvgIpc) is 2.49. The summed E-state index contributed by atoms with van der Waals surface area (Å²) in [5.74, 6) is -0.201. The van der Waals surface area contributed by atoms with Crippen LogP contribution in [0.3, 0.4) is 0 Å². The van der Waals surface area contributed by atoms with Crippen LogP contribution in [-0.4, -0.2) is 11.1 Å². The molecule has 0 spiro atoms. The maximum absolute atomic E-state index is 11.8. The first kappa shape index (κ1) is 15.5. The van der Waals surface area contributed by atoms with Crippen LogP contribution in [-0.2, 0) is 6.54 Å². The first-order chi connectivity index (χ1) is 9.99. The lowest BCUT2D eigenvalue weighted by Crippen LogP contribution is -2.28. The molecule has 0 unspecified atom stereocenters. The SMILES string of the molecule is Cc1c(Cl)cc(NC(=O)NCc2ccccc2)c(O)c1Cl. The smallest absolute Gasteiger partial charge is 0.319 e. The fraction of sp³-hybridized carbons (Fsp3) is 0.133. The Morgan fingerprint density at radius 2 is 1.90 bits per heavy atom. The van der Waals surface area contributed by atoms with E-state index in [0.717, 1.165) is 5.56 Å². The number of hydrogen-bond acceptors (Lipinski definition) is 2. The summed E-state index contributed by atoms with van der Waals surface area (Å²) in [6.07, 6.45) is 0. The third-order valence-corrected chi connectivity index (χ3v) is 3.82. The Morgan fingerprint density at radius 3 is 2.57 bits per heavy atom. The van der Waals surface area contributed by atoms with Crippen LogP contribution in [0.15, 0.2) is 36.4 Å². The highest BCUT2D eigenvalue weighted by molar-refractivity contribution is 6.37. The van der Waals surface area contributed by atoms with E-state index in [4.69, 9.17) is 23.2 Å². The average molecular weight is 325 g/mol. The molecule has 0 saturated carbocycles. The third kappa shape index (κ3) is 3.80. The highest BCUT2D eigenvalue weighted by atomic mass is 35.5. The molecule has 0 radical (unpaired) electrons. The number of urea groups is 1. The summed E-state index contributed by atoms with van der Waals surface area (Å²) < 4.78 is 0. The van der Waals surface area contributed by atoms with Crippen molar-refractivity contribution >= 4 is 34.9 Å². The molecule has 0 atom stereocenters. The van der Waals surface area contributed by atoms with Crippen molar-refractivity contribution in [3.8, 4) is 5.75 Å². The van der Waals surface area contributed by atoms with Crippen molar-refractivity contribution in [3.63, 3.8) is 0 Å². The Kier molecular flexibility index (Phi) is 4.94. The van der Waals surface area contributed by atoms with Gasteiger partial charge in [-0.05, 0) is 24.1 Å². The van der Waals surface area contributed by atoms with Crippen molar-refractivity contribution < 1.29 is 9.90 Å². The molecule has 2 amide bonds. The molecule has 2 rings (SSSR count). The lowest BCUT2D eigenvalue weighted by molar-refractivity contribution is 0.251. The van der Waals surface area contributed by atoms with Crippen molar-refractivity contribution in [2.75, 3.05) is 5.32 Å². The van der Waals surface area contributed by atoms with E-state index in [-0.39, 0.29) is 16.5 Å². The summed E-state index contributed by atoms with van der Waals surface area (Å²) in [6.45, 7) is 2.06. The van der Waals surface area contributed by atoms with Crippen LogP contribution in [0.1, 0.15) is 11.1 Å². The molecule has 0 fully saturated rings. The van der Waals surface area contributed by atoms with Crippen LogP contribution in [0, 0.1) is 6.92 Å². The van der Waals surface area contributed by atoms with Gasteiger partial charge in [-0.2, -0.15) is 0 Å². The van der Waals surface area contributed by atoms with E-state index in [1.54, 1.807) is 6.92 Å². The van der Waals surface area contributed by atoms with Crippen LogP contribution in [0.5, 0.6) is 5.75 Å². The molecule has 0 aliphatic rings. The monoisotopic (exact) mass is 324 g/mol. The number of amides is 2. The van der Waals surface area contributed by atoms with Crippen LogP contribution in [0.4, 0.5) is 10.5 Å². The Morgan fingerprint density at radius 1 is 1.24 bits per heavy atom. The zero-order valence-electron chi connectivity index (χ0n) is 11.3. The Labute approximate surface area is 132 Å². The van der Waals surface area contributed by atoms with Gasteiger partial charge in [-0.15, -0.1) is 0 Å². The van der Waals surface area contributed by atoms with Gasteiger partial charge in [-0.25, -0.2) is 4.79 Å². The van der Waals surface area contributed by atoms with E-state index in [9.17, 15) is 9.90 Å². The van der Waals surface area contributed by atoms with Gasteiger partial charge in [0.1, 0.15) is 0 Å². The number of rotatable bonds is 3. The molecule has 2 aromatic carbocycles. The highest BCUT2D eigenvalue weighted by Crippen LogP contribution is 2.38. The van der Waals surface area contributed by atoms with Gasteiger partial charge in [0.05, 0.1) is 10.7 Å². The highest BCUT2D eigenvalue weighted by Gasteiger charge is 2.14. The maximum Gasteiger partial charge on any atom is 0.319 e. The van der Waals surface area contributed by atoms with Crippen molar-refractivity contribution in [2.24, 2.45) is 0 Å². The molecule has 0 aliphatic heterocycles. The maximum atomic E-state index is 11.8. The van der Waals surface area contributed by atoms with E-state index < -0.39 is 6.03 Å². The van der Waals surface area contributed by atoms with E-state index in [1.807, 2.05) is 30.3 Å². The molecule has 21 heavy (non-hydrogen) atoms. The number of carbonyl (C=O) groups excluding carboxylic acids is 1. The van der Waals surface area contributed by atoms with Crippen LogP contribution in [0.2, 0.25) is 10.0 Å². The van der Waals surface area contributed by atoms with Gasteiger partial charge in [0.2, 0.25) is 0 Å². The van der Waals surface area contributed by atoms with E-state index >= 15 is 0 Å². The summed E-state index contributed by atoms with van der Waals surface area (Å²) in [4.78, 5) is 11.8. The number of nitrogens with one attached hydrogen (secondary N) is 2. The molecule has 2 aromatic rings. The zero-order valence-corrected chi connectivity index (χ0v) is 12.8. The number of anilines is 1. The number of phenolic OH excluding ortho intramolecular Hbond substituents is 1. The number of halogens is 2. The second kappa shape index (κ2) is 6.70. The molecule has 4 nitrogen and oxygen atoms in total.